The maximum absolute atomic E-state index is 11.9. The fraction of sp³-hybridized carbons (Fsp3) is 0. The molecular formula is C15H13BrN2O3S. The Morgan fingerprint density at radius 3 is 2.55 bits per heavy atom. The summed E-state index contributed by atoms with van der Waals surface area (Å²) in [6, 6.07) is 13.2. The third-order valence-electron chi connectivity index (χ3n) is 2.75. The molecule has 114 valence electrons. The lowest BCUT2D eigenvalue weighted by Crippen LogP contribution is -2.13. The molecule has 22 heavy (non-hydrogen) atoms. The van der Waals surface area contributed by atoms with Gasteiger partial charge in [-0.25, -0.2) is 13.6 Å². The number of amides is 1. The number of carbonyl (C=O) groups is 1. The Labute approximate surface area is 137 Å². The second kappa shape index (κ2) is 6.87. The van der Waals surface area contributed by atoms with Crippen LogP contribution in [0.3, 0.4) is 0 Å². The van der Waals surface area contributed by atoms with Crippen LogP contribution in [0, 0.1) is 0 Å². The van der Waals surface area contributed by atoms with Crippen LogP contribution in [0.15, 0.2) is 64.0 Å². The van der Waals surface area contributed by atoms with E-state index in [9.17, 15) is 13.2 Å². The summed E-state index contributed by atoms with van der Waals surface area (Å²) in [5, 5.41) is 7.63. The molecule has 0 atom stereocenters. The van der Waals surface area contributed by atoms with Crippen molar-refractivity contribution in [3.05, 3.63) is 64.6 Å². The van der Waals surface area contributed by atoms with Crippen molar-refractivity contribution < 1.29 is 13.2 Å². The largest absolute Gasteiger partial charge is 0.322 e. The van der Waals surface area contributed by atoms with Crippen LogP contribution in [-0.2, 0) is 14.8 Å². The van der Waals surface area contributed by atoms with E-state index in [1.807, 2.05) is 24.3 Å². The highest BCUT2D eigenvalue weighted by Gasteiger charge is 2.08. The molecule has 0 radical (unpaired) electrons. The average Bonchev–Trinajstić information content (AvgIpc) is 2.46. The van der Waals surface area contributed by atoms with Crippen molar-refractivity contribution in [2.24, 2.45) is 5.14 Å². The first-order valence-corrected chi connectivity index (χ1v) is 8.56. The Morgan fingerprint density at radius 1 is 1.14 bits per heavy atom. The van der Waals surface area contributed by atoms with E-state index in [4.69, 9.17) is 5.14 Å². The average molecular weight is 381 g/mol. The van der Waals surface area contributed by atoms with Crippen molar-refractivity contribution in [3.8, 4) is 0 Å². The van der Waals surface area contributed by atoms with E-state index in [0.717, 1.165) is 10.0 Å². The lowest BCUT2D eigenvalue weighted by atomic mass is 10.2. The first-order valence-electron chi connectivity index (χ1n) is 6.23. The van der Waals surface area contributed by atoms with Crippen molar-refractivity contribution >= 4 is 43.6 Å². The number of benzene rings is 2. The smallest absolute Gasteiger partial charge is 0.248 e. The lowest BCUT2D eigenvalue weighted by Gasteiger charge is -2.04. The van der Waals surface area contributed by atoms with Crippen molar-refractivity contribution in [3.63, 3.8) is 0 Å². The quantitative estimate of drug-likeness (QED) is 0.799. The molecule has 1 amide bonds. The normalized spacial score (nSPS) is 11.5. The Kier molecular flexibility index (Phi) is 5.12. The van der Waals surface area contributed by atoms with Gasteiger partial charge < -0.3 is 5.32 Å². The Hall–Kier alpha value is -1.96. The van der Waals surface area contributed by atoms with Crippen molar-refractivity contribution in [2.45, 2.75) is 4.90 Å². The number of hydrogen-bond acceptors (Lipinski definition) is 3. The van der Waals surface area contributed by atoms with Gasteiger partial charge in [-0.2, -0.15) is 0 Å². The molecule has 0 bridgehead atoms. The van der Waals surface area contributed by atoms with Gasteiger partial charge in [0.05, 0.1) is 4.90 Å². The number of halogens is 1. The van der Waals surface area contributed by atoms with Crippen molar-refractivity contribution in [1.82, 2.24) is 0 Å². The first kappa shape index (κ1) is 16.4. The summed E-state index contributed by atoms with van der Waals surface area (Å²) in [4.78, 5) is 11.8. The predicted molar refractivity (Wildman–Crippen MR) is 89.6 cm³/mol. The van der Waals surface area contributed by atoms with Gasteiger partial charge >= 0.3 is 0 Å². The summed E-state index contributed by atoms with van der Waals surface area (Å²) in [5.74, 6) is -0.373. The summed E-state index contributed by atoms with van der Waals surface area (Å²) < 4.78 is 23.4. The van der Waals surface area contributed by atoms with Gasteiger partial charge in [0, 0.05) is 16.2 Å². The molecule has 3 N–H and O–H groups in total. The molecule has 0 unspecified atom stereocenters. The number of nitrogens with one attached hydrogen (secondary N) is 1. The molecule has 2 aromatic carbocycles. The highest BCUT2D eigenvalue weighted by molar-refractivity contribution is 9.10. The molecule has 2 aromatic rings. The zero-order valence-corrected chi connectivity index (χ0v) is 13.8. The summed E-state index contributed by atoms with van der Waals surface area (Å²) in [5.41, 5.74) is 1.21. The van der Waals surface area contributed by atoms with Gasteiger partial charge in [-0.05, 0) is 35.9 Å². The summed E-state index contributed by atoms with van der Waals surface area (Å²) in [6.45, 7) is 0. The molecule has 0 spiro atoms. The fourth-order valence-electron chi connectivity index (χ4n) is 1.71. The Balaban J connectivity index is 2.11. The van der Waals surface area contributed by atoms with Crippen LogP contribution in [0.2, 0.25) is 0 Å². The number of sulfonamides is 1. The van der Waals surface area contributed by atoms with E-state index < -0.39 is 10.0 Å². The minimum atomic E-state index is -3.80. The van der Waals surface area contributed by atoms with Gasteiger partial charge in [-0.3, -0.25) is 4.79 Å². The highest BCUT2D eigenvalue weighted by Crippen LogP contribution is 2.17. The molecule has 7 heteroatoms. The van der Waals surface area contributed by atoms with Crippen LogP contribution < -0.4 is 10.5 Å². The summed E-state index contributed by atoms with van der Waals surface area (Å²) >= 11 is 3.38. The number of hydrogen-bond donors (Lipinski definition) is 2. The molecule has 0 aliphatic heterocycles. The van der Waals surface area contributed by atoms with Gasteiger partial charge in [0.15, 0.2) is 0 Å². The number of nitrogens with two attached hydrogens (primary N) is 1. The number of carbonyl (C=O) groups excluding carboxylic acids is 1. The molecule has 0 aromatic heterocycles. The van der Waals surface area contributed by atoms with E-state index in [1.54, 1.807) is 12.1 Å². The highest BCUT2D eigenvalue weighted by atomic mass is 79.9. The molecule has 0 aliphatic carbocycles. The maximum Gasteiger partial charge on any atom is 0.248 e. The SMILES string of the molecule is NS(=O)(=O)c1cccc(NC(=O)/C=C/c2ccccc2Br)c1. The van der Waals surface area contributed by atoms with Crippen LogP contribution in [0.5, 0.6) is 0 Å². The van der Waals surface area contributed by atoms with Gasteiger partial charge in [0.2, 0.25) is 15.9 Å². The topological polar surface area (TPSA) is 89.3 Å². The molecule has 5 nitrogen and oxygen atoms in total. The molecule has 0 fully saturated rings. The number of rotatable bonds is 4. The predicted octanol–water partition coefficient (Wildman–Crippen LogP) is 2.75. The molecular weight excluding hydrogens is 368 g/mol. The van der Waals surface area contributed by atoms with Crippen LogP contribution in [0.1, 0.15) is 5.56 Å². The standard InChI is InChI=1S/C15H13BrN2O3S/c16-14-7-2-1-4-11(14)8-9-15(19)18-12-5-3-6-13(10-12)22(17,20)21/h1-10H,(H,18,19)(H2,17,20,21)/b9-8+. The second-order valence-electron chi connectivity index (χ2n) is 4.42. The van der Waals surface area contributed by atoms with Crippen LogP contribution in [0.25, 0.3) is 6.08 Å². The van der Waals surface area contributed by atoms with E-state index in [1.165, 1.54) is 24.3 Å². The third kappa shape index (κ3) is 4.52. The van der Waals surface area contributed by atoms with E-state index in [2.05, 4.69) is 21.2 Å². The van der Waals surface area contributed by atoms with Crippen molar-refractivity contribution in [1.29, 1.82) is 0 Å². The van der Waals surface area contributed by atoms with E-state index in [-0.39, 0.29) is 10.8 Å². The zero-order chi connectivity index (χ0) is 16.2. The lowest BCUT2D eigenvalue weighted by molar-refractivity contribution is -0.111. The van der Waals surface area contributed by atoms with Crippen LogP contribution in [0.4, 0.5) is 5.69 Å². The Morgan fingerprint density at radius 2 is 1.86 bits per heavy atom. The van der Waals surface area contributed by atoms with E-state index in [0.29, 0.717) is 5.69 Å². The maximum atomic E-state index is 11.9. The number of anilines is 1. The summed E-state index contributed by atoms with van der Waals surface area (Å²) in [7, 11) is -3.80. The molecule has 0 saturated heterocycles. The second-order valence-corrected chi connectivity index (χ2v) is 6.83. The number of primary sulfonamides is 1. The van der Waals surface area contributed by atoms with Gasteiger partial charge in [-0.1, -0.05) is 40.2 Å². The molecule has 0 aliphatic rings. The molecule has 0 heterocycles. The Bertz CT molecular complexity index is 832. The van der Waals surface area contributed by atoms with Crippen molar-refractivity contribution in [2.75, 3.05) is 5.32 Å². The monoisotopic (exact) mass is 380 g/mol. The van der Waals surface area contributed by atoms with E-state index >= 15 is 0 Å². The fourth-order valence-corrected chi connectivity index (χ4v) is 2.69. The third-order valence-corrected chi connectivity index (χ3v) is 4.38. The minimum absolute atomic E-state index is 0.0555. The van der Waals surface area contributed by atoms with Gasteiger partial charge in [0.25, 0.3) is 0 Å². The first-order chi connectivity index (χ1) is 10.4. The molecule has 2 rings (SSSR count). The van der Waals surface area contributed by atoms with Gasteiger partial charge in [-0.15, -0.1) is 0 Å². The summed E-state index contributed by atoms with van der Waals surface area (Å²) in [6.07, 6.45) is 3.02. The molecule has 0 saturated carbocycles. The van der Waals surface area contributed by atoms with Crippen LogP contribution >= 0.6 is 15.9 Å². The zero-order valence-electron chi connectivity index (χ0n) is 11.4. The van der Waals surface area contributed by atoms with Gasteiger partial charge in [0.1, 0.15) is 0 Å². The minimum Gasteiger partial charge on any atom is -0.322 e. The van der Waals surface area contributed by atoms with Crippen LogP contribution in [-0.4, -0.2) is 14.3 Å².